The van der Waals surface area contributed by atoms with Gasteiger partial charge in [-0.3, -0.25) is 0 Å². The van der Waals surface area contributed by atoms with Gasteiger partial charge in [0.1, 0.15) is 19.0 Å². The van der Waals surface area contributed by atoms with E-state index in [1.807, 2.05) is 6.07 Å². The maximum absolute atomic E-state index is 5.79. The predicted octanol–water partition coefficient (Wildman–Crippen LogP) is 4.06. The average molecular weight is 345 g/mol. The summed E-state index contributed by atoms with van der Waals surface area (Å²) in [5, 5.41) is 0. The monoisotopic (exact) mass is 345 g/mol. The number of ether oxygens (including phenoxy) is 2. The smallest absolute Gasteiger partial charge is 0.163 e. The zero-order valence-electron chi connectivity index (χ0n) is 15.4. The third kappa shape index (κ3) is 4.46. The fourth-order valence-electron chi connectivity index (χ4n) is 3.51. The van der Waals surface area contributed by atoms with Crippen molar-refractivity contribution in [2.75, 3.05) is 19.8 Å². The van der Waals surface area contributed by atoms with Crippen molar-refractivity contribution in [3.63, 3.8) is 0 Å². The van der Waals surface area contributed by atoms with Crippen LogP contribution in [0.5, 0.6) is 11.5 Å². The molecule has 0 bridgehead atoms. The summed E-state index contributed by atoms with van der Waals surface area (Å²) in [7, 11) is 0. The number of hydrogen-bond donors (Lipinski definition) is 1. The molecule has 5 nitrogen and oxygen atoms in total. The number of nitrogens with two attached hydrogens (primary N) is 1. The number of benzene rings is 1. The molecule has 0 radical (unpaired) electrons. The highest BCUT2D eigenvalue weighted by Gasteiger charge is 2.17. The first-order chi connectivity index (χ1) is 12.3. The molecule has 0 saturated carbocycles. The molecule has 1 aliphatic heterocycles. The molecule has 3 rings (SSSR count). The van der Waals surface area contributed by atoms with Crippen LogP contribution in [-0.2, 0) is 13.0 Å². The van der Waals surface area contributed by atoms with Gasteiger partial charge in [0.25, 0.3) is 0 Å². The molecule has 0 fully saturated rings. The highest BCUT2D eigenvalue weighted by Crippen LogP contribution is 2.35. The molecule has 0 amide bonds. The number of fused-ring (bicyclic) bond motifs is 2. The molecule has 138 valence electrons. The van der Waals surface area contributed by atoms with Crippen molar-refractivity contribution in [2.24, 2.45) is 5.73 Å². The van der Waals surface area contributed by atoms with Crippen molar-refractivity contribution < 1.29 is 9.47 Å². The Labute approximate surface area is 150 Å². The molecule has 2 aromatic rings. The second-order valence-corrected chi connectivity index (χ2v) is 6.82. The number of rotatable bonds is 10. The van der Waals surface area contributed by atoms with E-state index in [0.29, 0.717) is 19.8 Å². The lowest BCUT2D eigenvalue weighted by molar-refractivity contribution is 0.172. The van der Waals surface area contributed by atoms with Crippen LogP contribution in [0.25, 0.3) is 11.0 Å². The van der Waals surface area contributed by atoms with Crippen LogP contribution in [-0.4, -0.2) is 29.3 Å². The van der Waals surface area contributed by atoms with E-state index in [2.05, 4.69) is 17.6 Å². The van der Waals surface area contributed by atoms with E-state index < -0.39 is 0 Å². The number of imidazole rings is 1. The normalized spacial score (nSPS) is 13.5. The molecule has 0 saturated heterocycles. The maximum Gasteiger partial charge on any atom is 0.163 e. The van der Waals surface area contributed by atoms with Gasteiger partial charge in [0.2, 0.25) is 0 Å². The van der Waals surface area contributed by atoms with Gasteiger partial charge >= 0.3 is 0 Å². The van der Waals surface area contributed by atoms with Gasteiger partial charge in [-0.25, -0.2) is 4.98 Å². The van der Waals surface area contributed by atoms with Crippen LogP contribution in [0.4, 0.5) is 0 Å². The molecule has 0 spiro atoms. The van der Waals surface area contributed by atoms with Crippen LogP contribution in [0.3, 0.4) is 0 Å². The van der Waals surface area contributed by atoms with E-state index >= 15 is 0 Å². The van der Waals surface area contributed by atoms with Gasteiger partial charge < -0.3 is 19.8 Å². The predicted molar refractivity (Wildman–Crippen MR) is 101 cm³/mol. The van der Waals surface area contributed by atoms with Crippen molar-refractivity contribution in [3.8, 4) is 11.5 Å². The van der Waals surface area contributed by atoms with E-state index in [4.69, 9.17) is 20.2 Å². The number of unbranched alkanes of at least 4 members (excludes halogenated alkanes) is 6. The van der Waals surface area contributed by atoms with Crippen LogP contribution in [0.1, 0.15) is 57.7 Å². The summed E-state index contributed by atoms with van der Waals surface area (Å²) in [5.74, 6) is 2.71. The fourth-order valence-corrected chi connectivity index (χ4v) is 3.51. The van der Waals surface area contributed by atoms with E-state index in [0.717, 1.165) is 41.3 Å². The van der Waals surface area contributed by atoms with E-state index in [9.17, 15) is 0 Å². The zero-order chi connectivity index (χ0) is 17.5. The summed E-state index contributed by atoms with van der Waals surface area (Å²) in [6, 6.07) is 4.09. The molecule has 1 aliphatic rings. The van der Waals surface area contributed by atoms with Gasteiger partial charge in [0.15, 0.2) is 11.5 Å². The first-order valence-corrected chi connectivity index (χ1v) is 9.82. The minimum Gasteiger partial charge on any atom is -0.486 e. The van der Waals surface area contributed by atoms with Crippen LogP contribution in [0.15, 0.2) is 12.1 Å². The standard InChI is InChI=1S/C20H31N3O2/c1-2-3-4-5-6-7-8-11-23-17-15-19-18(24-12-13-25-19)14-16(17)22-20(23)9-10-21/h14-15H,2-13,21H2,1H3. The highest BCUT2D eigenvalue weighted by atomic mass is 16.6. The van der Waals surface area contributed by atoms with Gasteiger partial charge in [0.05, 0.1) is 11.0 Å². The molecule has 1 aromatic carbocycles. The van der Waals surface area contributed by atoms with Crippen molar-refractivity contribution in [1.82, 2.24) is 9.55 Å². The molecule has 25 heavy (non-hydrogen) atoms. The minimum atomic E-state index is 0.604. The molecule has 2 N–H and O–H groups in total. The van der Waals surface area contributed by atoms with E-state index in [-0.39, 0.29) is 0 Å². The summed E-state index contributed by atoms with van der Waals surface area (Å²) in [5.41, 5.74) is 7.91. The topological polar surface area (TPSA) is 62.3 Å². The Morgan fingerprint density at radius 2 is 1.68 bits per heavy atom. The highest BCUT2D eigenvalue weighted by molar-refractivity contribution is 5.80. The van der Waals surface area contributed by atoms with Crippen molar-refractivity contribution in [2.45, 2.75) is 64.8 Å². The quantitative estimate of drug-likeness (QED) is 0.660. The first kappa shape index (κ1) is 18.1. The lowest BCUT2D eigenvalue weighted by Gasteiger charge is -2.18. The average Bonchev–Trinajstić information content (AvgIpc) is 2.95. The number of hydrogen-bond acceptors (Lipinski definition) is 4. The Hall–Kier alpha value is -1.75. The summed E-state index contributed by atoms with van der Waals surface area (Å²) in [6.07, 6.45) is 9.97. The molecule has 1 aromatic heterocycles. The fraction of sp³-hybridized carbons (Fsp3) is 0.650. The largest absolute Gasteiger partial charge is 0.486 e. The summed E-state index contributed by atoms with van der Waals surface area (Å²) in [6.45, 7) is 5.09. The van der Waals surface area contributed by atoms with Gasteiger partial charge in [-0.1, -0.05) is 45.4 Å². The Kier molecular flexibility index (Phi) is 6.56. The van der Waals surface area contributed by atoms with Crippen molar-refractivity contribution >= 4 is 11.0 Å². The molecule has 5 heteroatoms. The second kappa shape index (κ2) is 9.09. The SMILES string of the molecule is CCCCCCCCCn1c(CCN)nc2cc3c(cc21)OCCO3. The van der Waals surface area contributed by atoms with Gasteiger partial charge in [-0.2, -0.15) is 0 Å². The van der Waals surface area contributed by atoms with Gasteiger partial charge in [-0.15, -0.1) is 0 Å². The number of aryl methyl sites for hydroxylation is 1. The third-order valence-electron chi connectivity index (χ3n) is 4.84. The Balaban J connectivity index is 1.69. The van der Waals surface area contributed by atoms with Crippen LogP contribution in [0.2, 0.25) is 0 Å². The minimum absolute atomic E-state index is 0.604. The lowest BCUT2D eigenvalue weighted by Crippen LogP contribution is -2.15. The molecule has 2 heterocycles. The molecule has 0 aliphatic carbocycles. The van der Waals surface area contributed by atoms with Gasteiger partial charge in [0, 0.05) is 25.1 Å². The summed E-state index contributed by atoms with van der Waals surface area (Å²) in [4.78, 5) is 4.80. The first-order valence-electron chi connectivity index (χ1n) is 9.82. The number of aromatic nitrogens is 2. The van der Waals surface area contributed by atoms with Crippen LogP contribution >= 0.6 is 0 Å². The van der Waals surface area contributed by atoms with Crippen molar-refractivity contribution in [1.29, 1.82) is 0 Å². The van der Waals surface area contributed by atoms with Gasteiger partial charge in [-0.05, 0) is 13.0 Å². The van der Waals surface area contributed by atoms with Crippen LogP contribution in [0, 0.1) is 0 Å². The second-order valence-electron chi connectivity index (χ2n) is 6.82. The summed E-state index contributed by atoms with van der Waals surface area (Å²) < 4.78 is 13.8. The Bertz CT molecular complexity index is 681. The molecular formula is C20H31N3O2. The van der Waals surface area contributed by atoms with E-state index in [1.54, 1.807) is 0 Å². The van der Waals surface area contributed by atoms with Crippen molar-refractivity contribution in [3.05, 3.63) is 18.0 Å². The van der Waals surface area contributed by atoms with E-state index in [1.165, 1.54) is 44.9 Å². The Morgan fingerprint density at radius 1 is 1.00 bits per heavy atom. The van der Waals surface area contributed by atoms with Crippen LogP contribution < -0.4 is 15.2 Å². The maximum atomic E-state index is 5.79. The molecule has 0 unspecified atom stereocenters. The molecular weight excluding hydrogens is 314 g/mol. The number of nitrogens with zero attached hydrogens (tertiary/aromatic N) is 2. The lowest BCUT2D eigenvalue weighted by atomic mass is 10.1. The summed E-state index contributed by atoms with van der Waals surface area (Å²) >= 11 is 0. The zero-order valence-corrected chi connectivity index (χ0v) is 15.4. The molecule has 0 atom stereocenters. The third-order valence-corrected chi connectivity index (χ3v) is 4.84. The Morgan fingerprint density at radius 3 is 2.40 bits per heavy atom.